The summed E-state index contributed by atoms with van der Waals surface area (Å²) in [6.07, 6.45) is -1.38. The van der Waals surface area contributed by atoms with Gasteiger partial charge in [-0.05, 0) is 6.92 Å². The minimum absolute atomic E-state index is 0.160. The van der Waals surface area contributed by atoms with E-state index in [9.17, 15) is 5.11 Å². The van der Waals surface area contributed by atoms with Gasteiger partial charge in [0.15, 0.2) is 0 Å². The van der Waals surface area contributed by atoms with Gasteiger partial charge in [-0.1, -0.05) is 0 Å². The van der Waals surface area contributed by atoms with Crippen molar-refractivity contribution in [2.45, 2.75) is 31.3 Å². The number of hydrogen-bond acceptors (Lipinski definition) is 4. The minimum atomic E-state index is -0.722. The molecular weight excluding hydrogens is 134 g/mol. The third-order valence-corrected chi connectivity index (χ3v) is 1.89. The van der Waals surface area contributed by atoms with Gasteiger partial charge in [-0.15, -0.1) is 0 Å². The first-order chi connectivity index (χ1) is 4.66. The summed E-state index contributed by atoms with van der Waals surface area (Å²) < 4.78 is 5.11. The molecular formula is C6H13NO3. The van der Waals surface area contributed by atoms with Gasteiger partial charge in [0.1, 0.15) is 6.10 Å². The molecule has 4 atom stereocenters. The standard InChI is InChI=1S/C6H13NO3/c1-3-5(7)6(9)4(2-8)10-3/h3-6,8-9H,2,7H2,1H3/t3-,4-,5-,6-/m1/s1. The van der Waals surface area contributed by atoms with E-state index in [2.05, 4.69) is 0 Å². The van der Waals surface area contributed by atoms with E-state index < -0.39 is 12.2 Å². The summed E-state index contributed by atoms with van der Waals surface area (Å²) in [6, 6.07) is -0.364. The maximum absolute atomic E-state index is 9.22. The Morgan fingerprint density at radius 1 is 1.60 bits per heavy atom. The monoisotopic (exact) mass is 147 g/mol. The van der Waals surface area contributed by atoms with Gasteiger partial charge in [0, 0.05) is 0 Å². The Hall–Kier alpha value is -0.160. The predicted molar refractivity (Wildman–Crippen MR) is 35.4 cm³/mol. The third kappa shape index (κ3) is 1.15. The summed E-state index contributed by atoms with van der Waals surface area (Å²) in [4.78, 5) is 0. The van der Waals surface area contributed by atoms with Crippen molar-refractivity contribution in [3.05, 3.63) is 0 Å². The largest absolute Gasteiger partial charge is 0.394 e. The van der Waals surface area contributed by atoms with Gasteiger partial charge >= 0.3 is 0 Å². The molecule has 1 heterocycles. The number of aliphatic hydroxyl groups is 2. The van der Waals surface area contributed by atoms with Crippen LogP contribution < -0.4 is 5.73 Å². The molecule has 4 nitrogen and oxygen atoms in total. The average Bonchev–Trinajstić information content (AvgIpc) is 2.17. The Balaban J connectivity index is 2.53. The van der Waals surface area contributed by atoms with Crippen molar-refractivity contribution in [3.8, 4) is 0 Å². The van der Waals surface area contributed by atoms with Crippen LogP contribution in [-0.2, 0) is 4.74 Å². The fourth-order valence-electron chi connectivity index (χ4n) is 1.12. The maximum Gasteiger partial charge on any atom is 0.108 e. The van der Waals surface area contributed by atoms with Crippen molar-refractivity contribution in [2.75, 3.05) is 6.61 Å². The molecule has 1 aliphatic rings. The lowest BCUT2D eigenvalue weighted by Crippen LogP contribution is -2.40. The van der Waals surface area contributed by atoms with Crippen molar-refractivity contribution in [1.82, 2.24) is 0 Å². The zero-order valence-corrected chi connectivity index (χ0v) is 5.90. The van der Waals surface area contributed by atoms with Crippen LogP contribution in [0.2, 0.25) is 0 Å². The van der Waals surface area contributed by atoms with Crippen LogP contribution >= 0.6 is 0 Å². The van der Waals surface area contributed by atoms with Gasteiger partial charge in [-0.3, -0.25) is 0 Å². The molecule has 10 heavy (non-hydrogen) atoms. The lowest BCUT2D eigenvalue weighted by Gasteiger charge is -2.11. The number of hydrogen-bond donors (Lipinski definition) is 3. The summed E-state index contributed by atoms with van der Waals surface area (Å²) >= 11 is 0. The van der Waals surface area contributed by atoms with Gasteiger partial charge < -0.3 is 20.7 Å². The molecule has 0 aromatic carbocycles. The second kappa shape index (κ2) is 2.84. The van der Waals surface area contributed by atoms with Crippen LogP contribution in [0.25, 0.3) is 0 Å². The quantitative estimate of drug-likeness (QED) is 0.420. The van der Waals surface area contributed by atoms with E-state index in [0.717, 1.165) is 0 Å². The summed E-state index contributed by atoms with van der Waals surface area (Å²) in [5, 5.41) is 17.8. The molecule has 4 N–H and O–H groups in total. The molecule has 1 saturated heterocycles. The average molecular weight is 147 g/mol. The number of rotatable bonds is 1. The van der Waals surface area contributed by atoms with E-state index in [1.165, 1.54) is 0 Å². The zero-order valence-electron chi connectivity index (χ0n) is 5.90. The molecule has 4 heteroatoms. The Bertz CT molecular complexity index is 120. The van der Waals surface area contributed by atoms with Gasteiger partial charge in [-0.25, -0.2) is 0 Å². The summed E-state index contributed by atoms with van der Waals surface area (Å²) in [7, 11) is 0. The van der Waals surface area contributed by atoms with Gasteiger partial charge in [-0.2, -0.15) is 0 Å². The summed E-state index contributed by atoms with van der Waals surface area (Å²) in [6.45, 7) is 1.61. The highest BCUT2D eigenvalue weighted by molar-refractivity contribution is 4.90. The normalized spacial score (nSPS) is 48.0. The van der Waals surface area contributed by atoms with E-state index in [1.54, 1.807) is 6.92 Å². The first-order valence-corrected chi connectivity index (χ1v) is 3.36. The molecule has 60 valence electrons. The first-order valence-electron chi connectivity index (χ1n) is 3.36. The highest BCUT2D eigenvalue weighted by Gasteiger charge is 2.38. The molecule has 0 saturated carbocycles. The molecule has 0 radical (unpaired) electrons. The Labute approximate surface area is 59.6 Å². The molecule has 0 aliphatic carbocycles. The van der Waals surface area contributed by atoms with E-state index in [1.807, 2.05) is 0 Å². The predicted octanol–water partition coefficient (Wildman–Crippen LogP) is -1.55. The van der Waals surface area contributed by atoms with Gasteiger partial charge in [0.05, 0.1) is 24.9 Å². The molecule has 1 aliphatic heterocycles. The summed E-state index contributed by atoms with van der Waals surface area (Å²) in [5.41, 5.74) is 5.50. The van der Waals surface area contributed by atoms with Crippen molar-refractivity contribution in [2.24, 2.45) is 5.73 Å². The van der Waals surface area contributed by atoms with Crippen LogP contribution in [0, 0.1) is 0 Å². The third-order valence-electron chi connectivity index (χ3n) is 1.89. The highest BCUT2D eigenvalue weighted by Crippen LogP contribution is 2.18. The molecule has 0 aromatic heterocycles. The Kier molecular flexibility index (Phi) is 2.25. The first kappa shape index (κ1) is 7.94. The number of nitrogens with two attached hydrogens (primary N) is 1. The summed E-state index contributed by atoms with van der Waals surface area (Å²) in [5.74, 6) is 0. The lowest BCUT2D eigenvalue weighted by molar-refractivity contribution is -0.0170. The van der Waals surface area contributed by atoms with Crippen LogP contribution in [-0.4, -0.2) is 41.2 Å². The minimum Gasteiger partial charge on any atom is -0.394 e. The second-order valence-electron chi connectivity index (χ2n) is 2.63. The van der Waals surface area contributed by atoms with E-state index in [4.69, 9.17) is 15.6 Å². The number of aliphatic hydroxyl groups excluding tert-OH is 2. The van der Waals surface area contributed by atoms with E-state index in [0.29, 0.717) is 0 Å². The van der Waals surface area contributed by atoms with Crippen molar-refractivity contribution in [1.29, 1.82) is 0 Å². The van der Waals surface area contributed by atoms with E-state index >= 15 is 0 Å². The van der Waals surface area contributed by atoms with Crippen LogP contribution in [0.1, 0.15) is 6.92 Å². The van der Waals surface area contributed by atoms with Gasteiger partial charge in [0.2, 0.25) is 0 Å². The van der Waals surface area contributed by atoms with Crippen LogP contribution in [0.3, 0.4) is 0 Å². The zero-order chi connectivity index (χ0) is 7.72. The Morgan fingerprint density at radius 2 is 2.20 bits per heavy atom. The van der Waals surface area contributed by atoms with Crippen LogP contribution in [0.5, 0.6) is 0 Å². The maximum atomic E-state index is 9.22. The molecule has 0 bridgehead atoms. The van der Waals surface area contributed by atoms with Crippen molar-refractivity contribution >= 4 is 0 Å². The highest BCUT2D eigenvalue weighted by atomic mass is 16.5. The Morgan fingerprint density at radius 3 is 2.40 bits per heavy atom. The fraction of sp³-hybridized carbons (Fsp3) is 1.00. The number of ether oxygens (including phenoxy) is 1. The fourth-order valence-corrected chi connectivity index (χ4v) is 1.12. The smallest absolute Gasteiger partial charge is 0.108 e. The molecule has 0 aromatic rings. The van der Waals surface area contributed by atoms with Crippen LogP contribution in [0.15, 0.2) is 0 Å². The SMILES string of the molecule is C[C@H]1O[C@H](CO)[C@@H](O)[C@@H]1N. The molecule has 0 amide bonds. The van der Waals surface area contributed by atoms with Gasteiger partial charge in [0.25, 0.3) is 0 Å². The molecule has 0 unspecified atom stereocenters. The lowest BCUT2D eigenvalue weighted by atomic mass is 10.1. The van der Waals surface area contributed by atoms with E-state index in [-0.39, 0.29) is 18.8 Å². The molecule has 0 spiro atoms. The molecule has 1 fully saturated rings. The van der Waals surface area contributed by atoms with Crippen LogP contribution in [0.4, 0.5) is 0 Å². The van der Waals surface area contributed by atoms with Crippen molar-refractivity contribution < 1.29 is 14.9 Å². The second-order valence-corrected chi connectivity index (χ2v) is 2.63. The molecule has 1 rings (SSSR count). The van der Waals surface area contributed by atoms with Crippen molar-refractivity contribution in [3.63, 3.8) is 0 Å². The topological polar surface area (TPSA) is 75.7 Å².